The number of hydrogen-bond acceptors (Lipinski definition) is 5. The molecule has 1 amide bonds. The Labute approximate surface area is 147 Å². The Balaban J connectivity index is 1.51. The van der Waals surface area contributed by atoms with Gasteiger partial charge in [-0.25, -0.2) is 0 Å². The molecular formula is C19H25N3O3. The highest BCUT2D eigenvalue weighted by atomic mass is 16.4. The first-order chi connectivity index (χ1) is 12.2. The fourth-order valence-corrected chi connectivity index (χ4v) is 3.28. The molecule has 25 heavy (non-hydrogen) atoms. The third-order valence-corrected chi connectivity index (χ3v) is 4.82. The summed E-state index contributed by atoms with van der Waals surface area (Å²) in [6, 6.07) is 7.95. The second kappa shape index (κ2) is 8.25. The summed E-state index contributed by atoms with van der Waals surface area (Å²) in [6.45, 7) is 2.16. The van der Waals surface area contributed by atoms with Gasteiger partial charge in [-0.15, -0.1) is 10.2 Å². The maximum atomic E-state index is 12.2. The molecule has 1 aliphatic carbocycles. The third-order valence-electron chi connectivity index (χ3n) is 4.82. The maximum Gasteiger partial charge on any atom is 0.247 e. The maximum absolute atomic E-state index is 12.2. The standard InChI is InChI=1S/C19H25N3O3/c1-13-6-8-14(9-7-13)19-22-21-18(25-19)11-10-17(24)20-16-5-3-2-4-15(16)12-23/h6-9,15-16,23H,2-5,10-12H2,1H3,(H,20,24). The lowest BCUT2D eigenvalue weighted by molar-refractivity contribution is -0.122. The van der Waals surface area contributed by atoms with Crippen LogP contribution in [0, 0.1) is 12.8 Å². The number of carbonyl (C=O) groups excluding carboxylic acids is 1. The number of hydrogen-bond donors (Lipinski definition) is 2. The summed E-state index contributed by atoms with van der Waals surface area (Å²) in [6.07, 6.45) is 4.87. The molecule has 6 nitrogen and oxygen atoms in total. The Bertz CT molecular complexity index is 696. The third kappa shape index (κ3) is 4.66. The molecule has 2 N–H and O–H groups in total. The minimum Gasteiger partial charge on any atom is -0.421 e. The molecule has 3 rings (SSSR count). The lowest BCUT2D eigenvalue weighted by Crippen LogP contribution is -2.43. The van der Waals surface area contributed by atoms with Gasteiger partial charge in [0.1, 0.15) is 0 Å². The molecule has 6 heteroatoms. The molecular weight excluding hydrogens is 318 g/mol. The van der Waals surface area contributed by atoms with E-state index in [0.29, 0.717) is 24.6 Å². The molecule has 1 aliphatic rings. The van der Waals surface area contributed by atoms with Crippen LogP contribution >= 0.6 is 0 Å². The number of rotatable bonds is 6. The predicted octanol–water partition coefficient (Wildman–Crippen LogP) is 2.64. The lowest BCUT2D eigenvalue weighted by Gasteiger charge is -2.30. The van der Waals surface area contributed by atoms with E-state index in [1.54, 1.807) is 0 Å². The molecule has 2 aromatic rings. The van der Waals surface area contributed by atoms with E-state index < -0.39 is 0 Å². The van der Waals surface area contributed by atoms with Crippen molar-refractivity contribution in [2.75, 3.05) is 6.61 Å². The number of carbonyl (C=O) groups is 1. The van der Waals surface area contributed by atoms with Gasteiger partial charge < -0.3 is 14.8 Å². The number of aliphatic hydroxyl groups is 1. The number of aliphatic hydroxyl groups excluding tert-OH is 1. The first-order valence-corrected chi connectivity index (χ1v) is 8.95. The number of aromatic nitrogens is 2. The van der Waals surface area contributed by atoms with Gasteiger partial charge in [0, 0.05) is 37.0 Å². The topological polar surface area (TPSA) is 88.2 Å². The lowest BCUT2D eigenvalue weighted by atomic mass is 9.85. The van der Waals surface area contributed by atoms with E-state index in [1.807, 2.05) is 31.2 Å². The largest absolute Gasteiger partial charge is 0.421 e. The first-order valence-electron chi connectivity index (χ1n) is 8.95. The zero-order valence-electron chi connectivity index (χ0n) is 14.6. The highest BCUT2D eigenvalue weighted by Crippen LogP contribution is 2.24. The van der Waals surface area contributed by atoms with Crippen molar-refractivity contribution < 1.29 is 14.3 Å². The van der Waals surface area contributed by atoms with E-state index in [4.69, 9.17) is 4.42 Å². The number of aryl methyl sites for hydroxylation is 2. The van der Waals surface area contributed by atoms with E-state index >= 15 is 0 Å². The smallest absolute Gasteiger partial charge is 0.247 e. The van der Waals surface area contributed by atoms with Crippen molar-refractivity contribution >= 4 is 5.91 Å². The van der Waals surface area contributed by atoms with Crippen molar-refractivity contribution in [2.45, 2.75) is 51.5 Å². The summed E-state index contributed by atoms with van der Waals surface area (Å²) >= 11 is 0. The van der Waals surface area contributed by atoms with Crippen LogP contribution < -0.4 is 5.32 Å². The van der Waals surface area contributed by atoms with Gasteiger partial charge in [-0.2, -0.15) is 0 Å². The molecule has 1 aromatic carbocycles. The Kier molecular flexibility index (Phi) is 5.81. The van der Waals surface area contributed by atoms with Crippen LogP contribution in [0.15, 0.2) is 28.7 Å². The van der Waals surface area contributed by atoms with Crippen LogP contribution in [0.2, 0.25) is 0 Å². The van der Waals surface area contributed by atoms with E-state index in [-0.39, 0.29) is 24.5 Å². The number of benzene rings is 1. The highest BCUT2D eigenvalue weighted by molar-refractivity contribution is 5.76. The summed E-state index contributed by atoms with van der Waals surface area (Å²) in [4.78, 5) is 12.2. The number of nitrogens with zero attached hydrogens (tertiary/aromatic N) is 2. The number of amides is 1. The second-order valence-electron chi connectivity index (χ2n) is 6.77. The fraction of sp³-hybridized carbons (Fsp3) is 0.526. The van der Waals surface area contributed by atoms with Gasteiger partial charge in [-0.1, -0.05) is 30.5 Å². The van der Waals surface area contributed by atoms with Crippen LogP contribution in [-0.2, 0) is 11.2 Å². The van der Waals surface area contributed by atoms with Crippen LogP contribution in [-0.4, -0.2) is 33.9 Å². The highest BCUT2D eigenvalue weighted by Gasteiger charge is 2.25. The van der Waals surface area contributed by atoms with Gasteiger partial charge in [0.2, 0.25) is 17.7 Å². The van der Waals surface area contributed by atoms with Gasteiger partial charge in [-0.05, 0) is 31.9 Å². The van der Waals surface area contributed by atoms with Gasteiger partial charge in [0.15, 0.2) is 0 Å². The van der Waals surface area contributed by atoms with Gasteiger partial charge in [0.05, 0.1) is 0 Å². The first kappa shape index (κ1) is 17.6. The van der Waals surface area contributed by atoms with Gasteiger partial charge >= 0.3 is 0 Å². The van der Waals surface area contributed by atoms with Crippen LogP contribution in [0.5, 0.6) is 0 Å². The molecule has 1 fully saturated rings. The number of nitrogens with one attached hydrogen (secondary N) is 1. The Hall–Kier alpha value is -2.21. The molecule has 1 heterocycles. The Morgan fingerprint density at radius 1 is 1.24 bits per heavy atom. The summed E-state index contributed by atoms with van der Waals surface area (Å²) in [7, 11) is 0. The van der Waals surface area contributed by atoms with Crippen molar-refractivity contribution in [3.8, 4) is 11.5 Å². The Morgan fingerprint density at radius 2 is 2.00 bits per heavy atom. The van der Waals surface area contributed by atoms with Gasteiger partial charge in [0.25, 0.3) is 0 Å². The molecule has 1 aromatic heterocycles. The molecule has 2 unspecified atom stereocenters. The second-order valence-corrected chi connectivity index (χ2v) is 6.77. The van der Waals surface area contributed by atoms with E-state index in [0.717, 1.165) is 31.2 Å². The minimum atomic E-state index is -0.0274. The zero-order valence-corrected chi connectivity index (χ0v) is 14.6. The summed E-state index contributed by atoms with van der Waals surface area (Å²) in [5, 5.41) is 20.6. The van der Waals surface area contributed by atoms with Crippen molar-refractivity contribution in [2.24, 2.45) is 5.92 Å². The average molecular weight is 343 g/mol. The quantitative estimate of drug-likeness (QED) is 0.842. The Morgan fingerprint density at radius 3 is 2.76 bits per heavy atom. The molecule has 0 radical (unpaired) electrons. The molecule has 0 aliphatic heterocycles. The van der Waals surface area contributed by atoms with Crippen LogP contribution in [0.3, 0.4) is 0 Å². The minimum absolute atomic E-state index is 0.0274. The molecule has 0 spiro atoms. The van der Waals surface area contributed by atoms with E-state index in [1.165, 1.54) is 5.56 Å². The summed E-state index contributed by atoms with van der Waals surface area (Å²) in [5.74, 6) is 1.09. The predicted molar refractivity (Wildman–Crippen MR) is 93.8 cm³/mol. The van der Waals surface area contributed by atoms with E-state index in [9.17, 15) is 9.90 Å². The monoisotopic (exact) mass is 343 g/mol. The fourth-order valence-electron chi connectivity index (χ4n) is 3.28. The zero-order chi connectivity index (χ0) is 17.6. The van der Waals surface area contributed by atoms with Crippen LogP contribution in [0.1, 0.15) is 43.6 Å². The summed E-state index contributed by atoms with van der Waals surface area (Å²) in [5.41, 5.74) is 2.05. The molecule has 0 bridgehead atoms. The van der Waals surface area contributed by atoms with Crippen molar-refractivity contribution in [1.29, 1.82) is 0 Å². The van der Waals surface area contributed by atoms with Crippen LogP contribution in [0.4, 0.5) is 0 Å². The average Bonchev–Trinajstić information content (AvgIpc) is 3.10. The molecule has 1 saturated carbocycles. The van der Waals surface area contributed by atoms with Crippen molar-refractivity contribution in [3.63, 3.8) is 0 Å². The van der Waals surface area contributed by atoms with Gasteiger partial charge in [-0.3, -0.25) is 4.79 Å². The normalized spacial score (nSPS) is 20.4. The molecule has 134 valence electrons. The molecule has 0 saturated heterocycles. The van der Waals surface area contributed by atoms with E-state index in [2.05, 4.69) is 15.5 Å². The van der Waals surface area contributed by atoms with Crippen molar-refractivity contribution in [3.05, 3.63) is 35.7 Å². The van der Waals surface area contributed by atoms with Crippen LogP contribution in [0.25, 0.3) is 11.5 Å². The molecule has 2 atom stereocenters. The van der Waals surface area contributed by atoms with Crippen molar-refractivity contribution in [1.82, 2.24) is 15.5 Å². The SMILES string of the molecule is Cc1ccc(-c2nnc(CCC(=O)NC3CCCCC3CO)o2)cc1. The summed E-state index contributed by atoms with van der Waals surface area (Å²) < 4.78 is 5.65.